The molecule has 128 valence electrons. The van der Waals surface area contributed by atoms with Gasteiger partial charge in [-0.3, -0.25) is 19.7 Å². The standard InChI is InChI=1S/C19H24N2O3/c1-4-13-8-6-7-12(3)17(13)21-18(23)14(5-2)11-15-9-10-16(22)20-19(15)24/h4,6-8,14-15H,1,5,9-11H2,2-3H3,(H,21,23)(H,20,22,24). The van der Waals surface area contributed by atoms with Crippen molar-refractivity contribution in [3.05, 3.63) is 35.9 Å². The highest BCUT2D eigenvalue weighted by Crippen LogP contribution is 2.26. The van der Waals surface area contributed by atoms with Crippen LogP contribution in [0.3, 0.4) is 0 Å². The van der Waals surface area contributed by atoms with E-state index in [0.29, 0.717) is 25.7 Å². The van der Waals surface area contributed by atoms with E-state index in [1.54, 1.807) is 6.08 Å². The molecule has 0 aromatic heterocycles. The Hall–Kier alpha value is -2.43. The van der Waals surface area contributed by atoms with E-state index < -0.39 is 0 Å². The first-order valence-electron chi connectivity index (χ1n) is 8.32. The molecule has 24 heavy (non-hydrogen) atoms. The molecular weight excluding hydrogens is 304 g/mol. The first kappa shape index (κ1) is 17.9. The zero-order valence-corrected chi connectivity index (χ0v) is 14.2. The highest BCUT2D eigenvalue weighted by Gasteiger charge is 2.31. The number of imide groups is 1. The summed E-state index contributed by atoms with van der Waals surface area (Å²) in [5.41, 5.74) is 2.61. The van der Waals surface area contributed by atoms with Crippen molar-refractivity contribution < 1.29 is 14.4 Å². The third kappa shape index (κ3) is 4.10. The van der Waals surface area contributed by atoms with Crippen LogP contribution in [-0.2, 0) is 14.4 Å². The number of rotatable bonds is 6. The highest BCUT2D eigenvalue weighted by molar-refractivity contribution is 5.99. The summed E-state index contributed by atoms with van der Waals surface area (Å²) < 4.78 is 0. The van der Waals surface area contributed by atoms with Gasteiger partial charge in [-0.05, 0) is 37.3 Å². The number of aryl methyl sites for hydroxylation is 1. The molecule has 2 atom stereocenters. The second-order valence-corrected chi connectivity index (χ2v) is 6.22. The molecule has 5 heteroatoms. The van der Waals surface area contributed by atoms with Gasteiger partial charge in [-0.2, -0.15) is 0 Å². The van der Waals surface area contributed by atoms with Crippen LogP contribution < -0.4 is 10.6 Å². The minimum atomic E-state index is -0.283. The lowest BCUT2D eigenvalue weighted by atomic mass is 9.86. The van der Waals surface area contributed by atoms with Crippen molar-refractivity contribution in [3.8, 4) is 0 Å². The summed E-state index contributed by atoms with van der Waals surface area (Å²) in [6.07, 6.45) is 3.66. The second-order valence-electron chi connectivity index (χ2n) is 6.22. The monoisotopic (exact) mass is 328 g/mol. The Morgan fingerprint density at radius 1 is 1.46 bits per heavy atom. The van der Waals surface area contributed by atoms with Crippen LogP contribution in [0.5, 0.6) is 0 Å². The van der Waals surface area contributed by atoms with E-state index in [9.17, 15) is 14.4 Å². The number of anilines is 1. The topological polar surface area (TPSA) is 75.3 Å². The lowest BCUT2D eigenvalue weighted by Gasteiger charge is -2.25. The van der Waals surface area contributed by atoms with Crippen LogP contribution in [0.4, 0.5) is 5.69 Å². The molecule has 0 saturated carbocycles. The molecule has 1 aromatic carbocycles. The third-order valence-electron chi connectivity index (χ3n) is 4.56. The molecule has 5 nitrogen and oxygen atoms in total. The quantitative estimate of drug-likeness (QED) is 0.788. The van der Waals surface area contributed by atoms with Gasteiger partial charge < -0.3 is 5.32 Å². The SMILES string of the molecule is C=Cc1cccc(C)c1NC(=O)C(CC)CC1CCC(=O)NC1=O. The van der Waals surface area contributed by atoms with Crippen LogP contribution in [-0.4, -0.2) is 17.7 Å². The van der Waals surface area contributed by atoms with Crippen LogP contribution in [0.1, 0.15) is 43.7 Å². The van der Waals surface area contributed by atoms with E-state index in [2.05, 4.69) is 17.2 Å². The van der Waals surface area contributed by atoms with Gasteiger partial charge in [0.05, 0.1) is 5.69 Å². The fraction of sp³-hybridized carbons (Fsp3) is 0.421. The average molecular weight is 328 g/mol. The lowest BCUT2D eigenvalue weighted by molar-refractivity contribution is -0.136. The Labute approximate surface area is 142 Å². The summed E-state index contributed by atoms with van der Waals surface area (Å²) in [7, 11) is 0. The Bertz CT molecular complexity index is 667. The zero-order chi connectivity index (χ0) is 17.7. The van der Waals surface area contributed by atoms with Crippen molar-refractivity contribution in [2.45, 2.75) is 39.5 Å². The number of benzene rings is 1. The Balaban J connectivity index is 2.08. The molecule has 1 aliphatic rings. The molecular formula is C19H24N2O3. The molecule has 3 amide bonds. The van der Waals surface area contributed by atoms with Crippen LogP contribution >= 0.6 is 0 Å². The molecule has 0 bridgehead atoms. The van der Waals surface area contributed by atoms with Gasteiger partial charge in [0.2, 0.25) is 17.7 Å². The van der Waals surface area contributed by atoms with Gasteiger partial charge in [0.15, 0.2) is 0 Å². The molecule has 1 heterocycles. The van der Waals surface area contributed by atoms with Crippen molar-refractivity contribution >= 4 is 29.5 Å². The first-order chi connectivity index (χ1) is 11.5. The number of amides is 3. The maximum Gasteiger partial charge on any atom is 0.229 e. The summed E-state index contributed by atoms with van der Waals surface area (Å²) in [5, 5.41) is 5.34. The highest BCUT2D eigenvalue weighted by atomic mass is 16.2. The van der Waals surface area contributed by atoms with Gasteiger partial charge in [0.1, 0.15) is 0 Å². The van der Waals surface area contributed by atoms with Gasteiger partial charge >= 0.3 is 0 Å². The minimum Gasteiger partial charge on any atom is -0.325 e. The fourth-order valence-corrected chi connectivity index (χ4v) is 3.02. The molecule has 1 saturated heterocycles. The lowest BCUT2D eigenvalue weighted by Crippen LogP contribution is -2.42. The van der Waals surface area contributed by atoms with Gasteiger partial charge in [-0.15, -0.1) is 0 Å². The molecule has 2 unspecified atom stereocenters. The number of hydrogen-bond donors (Lipinski definition) is 2. The first-order valence-corrected chi connectivity index (χ1v) is 8.32. The maximum absolute atomic E-state index is 12.7. The van der Waals surface area contributed by atoms with E-state index in [4.69, 9.17) is 0 Å². The molecule has 2 rings (SSSR count). The van der Waals surface area contributed by atoms with Gasteiger partial charge in [-0.25, -0.2) is 0 Å². The number of carbonyl (C=O) groups excluding carboxylic acids is 3. The molecule has 1 fully saturated rings. The largest absolute Gasteiger partial charge is 0.325 e. The van der Waals surface area contributed by atoms with E-state index >= 15 is 0 Å². The maximum atomic E-state index is 12.7. The van der Waals surface area contributed by atoms with Crippen LogP contribution in [0.15, 0.2) is 24.8 Å². The average Bonchev–Trinajstić information content (AvgIpc) is 2.56. The van der Waals surface area contributed by atoms with Crippen molar-refractivity contribution in [3.63, 3.8) is 0 Å². The van der Waals surface area contributed by atoms with Gasteiger partial charge in [0.25, 0.3) is 0 Å². The van der Waals surface area contributed by atoms with Crippen molar-refractivity contribution in [1.82, 2.24) is 5.32 Å². The number of para-hydroxylation sites is 1. The van der Waals surface area contributed by atoms with Crippen LogP contribution in [0, 0.1) is 18.8 Å². The molecule has 1 aromatic rings. The molecule has 0 radical (unpaired) electrons. The normalized spacial score (nSPS) is 18.7. The van der Waals surface area contributed by atoms with Crippen LogP contribution in [0.25, 0.3) is 6.08 Å². The van der Waals surface area contributed by atoms with Crippen molar-refractivity contribution in [2.24, 2.45) is 11.8 Å². The van der Waals surface area contributed by atoms with E-state index in [1.807, 2.05) is 32.0 Å². The number of piperidine rings is 1. The number of hydrogen-bond acceptors (Lipinski definition) is 3. The molecule has 0 spiro atoms. The zero-order valence-electron chi connectivity index (χ0n) is 14.2. The molecule has 1 aliphatic heterocycles. The summed E-state index contributed by atoms with van der Waals surface area (Å²) in [4.78, 5) is 35.8. The predicted octanol–water partition coefficient (Wildman–Crippen LogP) is 3.05. The summed E-state index contributed by atoms with van der Waals surface area (Å²) in [6, 6.07) is 5.75. The number of carbonyl (C=O) groups is 3. The third-order valence-corrected chi connectivity index (χ3v) is 4.56. The molecule has 0 aliphatic carbocycles. The van der Waals surface area contributed by atoms with Crippen molar-refractivity contribution in [1.29, 1.82) is 0 Å². The predicted molar refractivity (Wildman–Crippen MR) is 94.2 cm³/mol. The van der Waals surface area contributed by atoms with Crippen molar-refractivity contribution in [2.75, 3.05) is 5.32 Å². The summed E-state index contributed by atoms with van der Waals surface area (Å²) >= 11 is 0. The Morgan fingerprint density at radius 2 is 2.21 bits per heavy atom. The summed E-state index contributed by atoms with van der Waals surface area (Å²) in [5.74, 6) is -1.15. The smallest absolute Gasteiger partial charge is 0.229 e. The second kappa shape index (κ2) is 7.90. The number of nitrogens with one attached hydrogen (secondary N) is 2. The van der Waals surface area contributed by atoms with Gasteiger partial charge in [-0.1, -0.05) is 37.8 Å². The Kier molecular flexibility index (Phi) is 5.90. The minimum absolute atomic E-state index is 0.0976. The van der Waals surface area contributed by atoms with Crippen LogP contribution in [0.2, 0.25) is 0 Å². The summed E-state index contributed by atoms with van der Waals surface area (Å²) in [6.45, 7) is 7.65. The van der Waals surface area contributed by atoms with E-state index in [-0.39, 0.29) is 29.6 Å². The van der Waals surface area contributed by atoms with E-state index in [1.165, 1.54) is 0 Å². The molecule has 2 N–H and O–H groups in total. The van der Waals surface area contributed by atoms with Gasteiger partial charge in [0, 0.05) is 18.3 Å². The Morgan fingerprint density at radius 3 is 2.83 bits per heavy atom. The fourth-order valence-electron chi connectivity index (χ4n) is 3.02. The van der Waals surface area contributed by atoms with E-state index in [0.717, 1.165) is 16.8 Å².